The molecule has 25 heavy (non-hydrogen) atoms. The third-order valence-corrected chi connectivity index (χ3v) is 3.58. The Balaban J connectivity index is 0.00000576. The number of esters is 2. The summed E-state index contributed by atoms with van der Waals surface area (Å²) in [5.41, 5.74) is -0.533. The van der Waals surface area contributed by atoms with Crippen molar-refractivity contribution in [2.45, 2.75) is 17.7 Å². The Hall–Kier alpha value is -1.01. The molecule has 0 unspecified atom stereocenters. The van der Waals surface area contributed by atoms with E-state index in [1.54, 1.807) is 0 Å². The Morgan fingerprint density at radius 3 is 1.60 bits per heavy atom. The Morgan fingerprint density at radius 2 is 1.28 bits per heavy atom. The van der Waals surface area contributed by atoms with Gasteiger partial charge in [0.2, 0.25) is 0 Å². The molecule has 0 heterocycles. The Bertz CT molecular complexity index is 647. The number of hydrogen-bond donors (Lipinski definition) is 3. The molecule has 0 atom stereocenters. The fourth-order valence-electron chi connectivity index (χ4n) is 1.61. The zero-order valence-corrected chi connectivity index (χ0v) is 16.5. The van der Waals surface area contributed by atoms with E-state index in [4.69, 9.17) is 24.2 Å². The Labute approximate surface area is 167 Å². The molecule has 0 saturated heterocycles. The first-order valence-corrected chi connectivity index (χ1v) is 8.42. The predicted molar refractivity (Wildman–Crippen MR) is 86.0 cm³/mol. The molecule has 1 rings (SSSR count). The van der Waals surface area contributed by atoms with Gasteiger partial charge in [0.1, 0.15) is 0 Å². The van der Waals surface area contributed by atoms with E-state index in [0.717, 1.165) is 18.2 Å². The van der Waals surface area contributed by atoms with Gasteiger partial charge in [-0.2, -0.15) is 8.42 Å². The van der Waals surface area contributed by atoms with E-state index in [9.17, 15) is 18.0 Å². The first-order chi connectivity index (χ1) is 11.3. The van der Waals surface area contributed by atoms with Gasteiger partial charge in [0.15, 0.2) is 0 Å². The van der Waals surface area contributed by atoms with Crippen molar-refractivity contribution in [2.75, 3.05) is 26.4 Å². The second-order valence-electron chi connectivity index (χ2n) is 4.65. The van der Waals surface area contributed by atoms with Crippen molar-refractivity contribution in [1.29, 1.82) is 0 Å². The van der Waals surface area contributed by atoms with Crippen LogP contribution >= 0.6 is 0 Å². The van der Waals surface area contributed by atoms with E-state index < -0.39 is 27.0 Å². The quantitative estimate of drug-likeness (QED) is 0.224. The molecule has 0 amide bonds. The van der Waals surface area contributed by atoms with Crippen LogP contribution in [0.3, 0.4) is 0 Å². The number of carbonyl (C=O) groups excluding carboxylic acids is 2. The van der Waals surface area contributed by atoms with Crippen molar-refractivity contribution in [2.24, 2.45) is 0 Å². The zero-order chi connectivity index (χ0) is 18.2. The number of ether oxygens (including phenoxy) is 2. The van der Waals surface area contributed by atoms with E-state index in [0.29, 0.717) is 0 Å². The summed E-state index contributed by atoms with van der Waals surface area (Å²) in [4.78, 5) is 23.1. The molecule has 9 nitrogen and oxygen atoms in total. The minimum Gasteiger partial charge on any atom is -0.462 e. The molecule has 0 aliphatic carbocycles. The fourth-order valence-corrected chi connectivity index (χ4v) is 2.16. The number of rotatable bonds is 9. The SMILES string of the molecule is O=C(OCCCO)c1cc(C(=O)OCCCO)cc(S(=O)(=O)O)c1.[Na]. The van der Waals surface area contributed by atoms with Crippen LogP contribution < -0.4 is 0 Å². The fraction of sp³-hybridized carbons (Fsp3) is 0.429. The van der Waals surface area contributed by atoms with Crippen molar-refractivity contribution in [3.05, 3.63) is 29.3 Å². The van der Waals surface area contributed by atoms with Crippen LogP contribution in [-0.2, 0) is 19.6 Å². The van der Waals surface area contributed by atoms with Crippen molar-refractivity contribution in [3.63, 3.8) is 0 Å². The van der Waals surface area contributed by atoms with E-state index in [1.165, 1.54) is 0 Å². The number of aliphatic hydroxyl groups excluding tert-OH is 2. The van der Waals surface area contributed by atoms with Gasteiger partial charge in [0, 0.05) is 55.6 Å². The molecule has 0 aliphatic heterocycles. The summed E-state index contributed by atoms with van der Waals surface area (Å²) in [6, 6.07) is 2.79. The first-order valence-electron chi connectivity index (χ1n) is 6.98. The number of hydrogen-bond acceptors (Lipinski definition) is 8. The number of benzene rings is 1. The third kappa shape index (κ3) is 8.27. The molecular weight excluding hydrogens is 367 g/mol. The smallest absolute Gasteiger partial charge is 0.338 e. The first kappa shape index (κ1) is 24.0. The largest absolute Gasteiger partial charge is 0.462 e. The Morgan fingerprint density at radius 1 is 0.880 bits per heavy atom. The third-order valence-electron chi connectivity index (χ3n) is 2.75. The van der Waals surface area contributed by atoms with Crippen LogP contribution in [0.2, 0.25) is 0 Å². The van der Waals surface area contributed by atoms with Gasteiger partial charge in [-0.05, 0) is 18.2 Å². The van der Waals surface area contributed by atoms with E-state index >= 15 is 0 Å². The van der Waals surface area contributed by atoms with Gasteiger partial charge in [-0.15, -0.1) is 0 Å². The minimum absolute atomic E-state index is 0. The molecule has 0 bridgehead atoms. The molecule has 1 radical (unpaired) electrons. The second-order valence-corrected chi connectivity index (χ2v) is 6.07. The maximum Gasteiger partial charge on any atom is 0.338 e. The molecule has 0 saturated carbocycles. The normalized spacial score (nSPS) is 10.7. The topological polar surface area (TPSA) is 147 Å². The van der Waals surface area contributed by atoms with Gasteiger partial charge in [-0.3, -0.25) is 4.55 Å². The second kappa shape index (κ2) is 11.6. The molecule has 0 fully saturated rings. The zero-order valence-electron chi connectivity index (χ0n) is 13.7. The van der Waals surface area contributed by atoms with Crippen LogP contribution in [0.4, 0.5) is 0 Å². The molecule has 11 heteroatoms. The Kier molecular flexibility index (Phi) is 11.1. The van der Waals surface area contributed by atoms with Crippen LogP contribution in [0.5, 0.6) is 0 Å². The van der Waals surface area contributed by atoms with Crippen molar-refractivity contribution >= 4 is 51.6 Å². The minimum atomic E-state index is -4.66. The summed E-state index contributed by atoms with van der Waals surface area (Å²) in [7, 11) is -4.66. The van der Waals surface area contributed by atoms with Gasteiger partial charge in [0.25, 0.3) is 10.1 Å². The molecule has 0 spiro atoms. The summed E-state index contributed by atoms with van der Waals surface area (Å²) < 4.78 is 41.3. The summed E-state index contributed by atoms with van der Waals surface area (Å²) in [5.74, 6) is -1.84. The van der Waals surface area contributed by atoms with Crippen LogP contribution in [0, 0.1) is 0 Å². The summed E-state index contributed by atoms with van der Waals surface area (Å²) in [6.45, 7) is -0.578. The molecule has 3 N–H and O–H groups in total. The van der Waals surface area contributed by atoms with Crippen LogP contribution in [0.15, 0.2) is 23.1 Å². The van der Waals surface area contributed by atoms with Gasteiger partial charge in [-0.1, -0.05) is 0 Å². The molecular formula is C14H18NaO9S. The summed E-state index contributed by atoms with van der Waals surface area (Å²) in [5, 5.41) is 17.3. The van der Waals surface area contributed by atoms with Crippen molar-refractivity contribution in [1.82, 2.24) is 0 Å². The monoisotopic (exact) mass is 385 g/mol. The van der Waals surface area contributed by atoms with Crippen molar-refractivity contribution < 1.29 is 42.2 Å². The molecule has 0 aromatic heterocycles. The number of aliphatic hydroxyl groups is 2. The van der Waals surface area contributed by atoms with E-state index in [-0.39, 0.29) is 80.0 Å². The van der Waals surface area contributed by atoms with Crippen LogP contribution in [0.25, 0.3) is 0 Å². The van der Waals surface area contributed by atoms with Gasteiger partial charge >= 0.3 is 11.9 Å². The van der Waals surface area contributed by atoms with E-state index in [2.05, 4.69) is 0 Å². The molecule has 135 valence electrons. The van der Waals surface area contributed by atoms with Crippen molar-refractivity contribution in [3.8, 4) is 0 Å². The number of carbonyl (C=O) groups is 2. The van der Waals surface area contributed by atoms with Gasteiger partial charge in [-0.25, -0.2) is 9.59 Å². The standard InChI is InChI=1S/C14H18O9S.Na/c15-3-1-5-22-13(17)10-7-11(14(18)23-6-2-4-16)9-12(8-10)24(19,20)21;/h7-9,15-16H,1-6H2,(H,19,20,21);. The average molecular weight is 385 g/mol. The summed E-state index contributed by atoms with van der Waals surface area (Å²) >= 11 is 0. The molecule has 1 aromatic carbocycles. The maximum atomic E-state index is 11.9. The molecule has 0 aliphatic rings. The van der Waals surface area contributed by atoms with Gasteiger partial charge < -0.3 is 19.7 Å². The molecule has 1 aromatic rings. The maximum absolute atomic E-state index is 11.9. The summed E-state index contributed by atoms with van der Waals surface area (Å²) in [6.07, 6.45) is 0.388. The van der Waals surface area contributed by atoms with Gasteiger partial charge in [0.05, 0.1) is 29.2 Å². The predicted octanol–water partition coefficient (Wildman–Crippen LogP) is -0.369. The average Bonchev–Trinajstić information content (AvgIpc) is 2.53. The van der Waals surface area contributed by atoms with E-state index in [1.807, 2.05) is 0 Å². The van der Waals surface area contributed by atoms with Crippen LogP contribution in [0.1, 0.15) is 33.6 Å². The van der Waals surface area contributed by atoms with Crippen LogP contribution in [-0.4, -0.2) is 91.1 Å².